The van der Waals surface area contributed by atoms with Gasteiger partial charge in [0.25, 0.3) is 0 Å². The average Bonchev–Trinajstić information content (AvgIpc) is 3.15. The third-order valence-corrected chi connectivity index (χ3v) is 4.29. The van der Waals surface area contributed by atoms with Gasteiger partial charge < -0.3 is 20.1 Å². The maximum absolute atomic E-state index is 12.2. The molecule has 0 fully saturated rings. The van der Waals surface area contributed by atoms with E-state index in [9.17, 15) is 4.79 Å². The number of amides is 1. The molecular weight excluding hydrogens is 356 g/mol. The number of ether oxygens (including phenoxy) is 2. The molecule has 7 nitrogen and oxygen atoms in total. The lowest BCUT2D eigenvalue weighted by molar-refractivity contribution is -0.115. The van der Waals surface area contributed by atoms with E-state index in [1.807, 2.05) is 49.4 Å². The number of benzene rings is 2. The number of hydrogen-bond acceptors (Lipinski definition) is 6. The minimum Gasteiger partial charge on any atom is -0.454 e. The van der Waals surface area contributed by atoms with Gasteiger partial charge in [-0.15, -0.1) is 10.2 Å². The van der Waals surface area contributed by atoms with Crippen molar-refractivity contribution in [3.8, 4) is 11.5 Å². The molecule has 1 aliphatic rings. The fraction of sp³-hybridized carbons (Fsp3) is 0.190. The van der Waals surface area contributed by atoms with E-state index >= 15 is 0 Å². The van der Waals surface area contributed by atoms with E-state index in [1.165, 1.54) is 0 Å². The summed E-state index contributed by atoms with van der Waals surface area (Å²) in [5.41, 5.74) is 3.14. The van der Waals surface area contributed by atoms with E-state index in [-0.39, 0.29) is 12.7 Å². The molecule has 142 valence electrons. The van der Waals surface area contributed by atoms with Crippen molar-refractivity contribution in [2.45, 2.75) is 19.9 Å². The molecule has 0 saturated carbocycles. The number of rotatable bonds is 6. The number of carbonyl (C=O) groups is 1. The zero-order valence-corrected chi connectivity index (χ0v) is 15.4. The van der Waals surface area contributed by atoms with Crippen molar-refractivity contribution in [1.29, 1.82) is 0 Å². The molecule has 1 amide bonds. The van der Waals surface area contributed by atoms with Crippen LogP contribution in [0.3, 0.4) is 0 Å². The molecule has 3 aromatic rings. The normalized spacial score (nSPS) is 11.9. The summed E-state index contributed by atoms with van der Waals surface area (Å²) in [7, 11) is 0. The summed E-state index contributed by atoms with van der Waals surface area (Å²) in [6.45, 7) is 2.83. The molecule has 7 heteroatoms. The van der Waals surface area contributed by atoms with E-state index in [0.717, 1.165) is 28.2 Å². The Labute approximate surface area is 162 Å². The number of nitrogens with zero attached hydrogens (tertiary/aromatic N) is 2. The average molecular weight is 376 g/mol. The third-order valence-electron chi connectivity index (χ3n) is 4.29. The van der Waals surface area contributed by atoms with Gasteiger partial charge in [0.15, 0.2) is 17.3 Å². The molecule has 0 aliphatic carbocycles. The van der Waals surface area contributed by atoms with Crippen molar-refractivity contribution >= 4 is 17.5 Å². The van der Waals surface area contributed by atoms with Gasteiger partial charge in [0.1, 0.15) is 5.82 Å². The van der Waals surface area contributed by atoms with Crippen molar-refractivity contribution in [1.82, 2.24) is 10.2 Å². The first-order valence-electron chi connectivity index (χ1n) is 8.97. The van der Waals surface area contributed by atoms with E-state index in [0.29, 0.717) is 24.6 Å². The zero-order valence-electron chi connectivity index (χ0n) is 15.4. The van der Waals surface area contributed by atoms with E-state index < -0.39 is 0 Å². The smallest absolute Gasteiger partial charge is 0.231 e. The van der Waals surface area contributed by atoms with Crippen LogP contribution in [-0.4, -0.2) is 22.9 Å². The van der Waals surface area contributed by atoms with Crippen molar-refractivity contribution in [2.75, 3.05) is 17.4 Å². The van der Waals surface area contributed by atoms with Gasteiger partial charge in [-0.25, -0.2) is 0 Å². The molecule has 0 bridgehead atoms. The Kier molecular flexibility index (Phi) is 5.05. The highest BCUT2D eigenvalue weighted by molar-refractivity contribution is 5.91. The first-order chi connectivity index (χ1) is 13.7. The quantitative estimate of drug-likeness (QED) is 0.687. The second kappa shape index (κ2) is 7.96. The molecule has 0 atom stereocenters. The lowest BCUT2D eigenvalue weighted by atomic mass is 10.1. The molecule has 1 aromatic heterocycles. The predicted molar refractivity (Wildman–Crippen MR) is 105 cm³/mol. The van der Waals surface area contributed by atoms with E-state index in [4.69, 9.17) is 9.47 Å². The maximum atomic E-state index is 12.2. The largest absolute Gasteiger partial charge is 0.454 e. The van der Waals surface area contributed by atoms with Crippen LogP contribution in [0.5, 0.6) is 11.5 Å². The Bertz CT molecular complexity index is 989. The van der Waals surface area contributed by atoms with E-state index in [2.05, 4.69) is 20.8 Å². The summed E-state index contributed by atoms with van der Waals surface area (Å²) in [6.07, 6.45) is 0.299. The minimum atomic E-state index is -0.124. The number of carbonyl (C=O) groups excluding carboxylic acids is 1. The highest BCUT2D eigenvalue weighted by Gasteiger charge is 2.13. The Morgan fingerprint density at radius 1 is 0.964 bits per heavy atom. The standard InChI is InChI=1S/C21H20N4O3/c1-14-3-2-4-15(9-14)11-21(26)23-20-8-7-19(24-25-20)22-12-16-5-6-17-18(10-16)28-13-27-17/h2-10H,11-13H2,1H3,(H,22,24)(H,23,25,26). The van der Waals surface area contributed by atoms with Crippen molar-refractivity contribution in [2.24, 2.45) is 0 Å². The fourth-order valence-electron chi connectivity index (χ4n) is 2.93. The third kappa shape index (κ3) is 4.37. The second-order valence-corrected chi connectivity index (χ2v) is 6.56. The van der Waals surface area contributed by atoms with Gasteiger partial charge in [-0.1, -0.05) is 35.9 Å². The minimum absolute atomic E-state index is 0.124. The number of fused-ring (bicyclic) bond motifs is 1. The van der Waals surface area contributed by atoms with Crippen LogP contribution in [0.2, 0.25) is 0 Å². The number of hydrogen-bond donors (Lipinski definition) is 2. The van der Waals surface area contributed by atoms with Crippen molar-refractivity contribution < 1.29 is 14.3 Å². The summed E-state index contributed by atoms with van der Waals surface area (Å²) in [5, 5.41) is 14.1. The Morgan fingerprint density at radius 3 is 2.61 bits per heavy atom. The van der Waals surface area contributed by atoms with Crippen LogP contribution >= 0.6 is 0 Å². The molecule has 0 spiro atoms. The first-order valence-corrected chi connectivity index (χ1v) is 8.97. The molecule has 0 unspecified atom stereocenters. The van der Waals surface area contributed by atoms with Gasteiger partial charge >= 0.3 is 0 Å². The molecule has 28 heavy (non-hydrogen) atoms. The number of aromatic nitrogens is 2. The Hall–Kier alpha value is -3.61. The highest BCUT2D eigenvalue weighted by Crippen LogP contribution is 2.32. The van der Waals surface area contributed by atoms with Gasteiger partial charge in [-0.05, 0) is 42.3 Å². The molecule has 4 rings (SSSR count). The van der Waals surface area contributed by atoms with Crippen molar-refractivity contribution in [3.63, 3.8) is 0 Å². The SMILES string of the molecule is Cc1cccc(CC(=O)Nc2ccc(NCc3ccc4c(c3)OCO4)nn2)c1. The summed E-state index contributed by atoms with van der Waals surface area (Å²) < 4.78 is 10.7. The Balaban J connectivity index is 1.30. The first kappa shape index (κ1) is 17.8. The summed E-state index contributed by atoms with van der Waals surface area (Å²) in [4.78, 5) is 12.2. The fourth-order valence-corrected chi connectivity index (χ4v) is 2.93. The molecule has 2 heterocycles. The summed E-state index contributed by atoms with van der Waals surface area (Å²) in [6, 6.07) is 17.2. The van der Waals surface area contributed by atoms with Crippen LogP contribution in [0, 0.1) is 6.92 Å². The van der Waals surface area contributed by atoms with Gasteiger partial charge in [-0.3, -0.25) is 4.79 Å². The lowest BCUT2D eigenvalue weighted by Gasteiger charge is -2.08. The van der Waals surface area contributed by atoms with Crippen LogP contribution in [0.4, 0.5) is 11.6 Å². The molecule has 2 N–H and O–H groups in total. The molecular formula is C21H20N4O3. The number of nitrogens with one attached hydrogen (secondary N) is 2. The van der Waals surface area contributed by atoms with Crippen LogP contribution in [-0.2, 0) is 17.8 Å². The van der Waals surface area contributed by atoms with Gasteiger partial charge in [0.05, 0.1) is 6.42 Å². The number of aryl methyl sites for hydroxylation is 1. The van der Waals surface area contributed by atoms with Crippen molar-refractivity contribution in [3.05, 3.63) is 71.3 Å². The van der Waals surface area contributed by atoms with Gasteiger partial charge in [0, 0.05) is 6.54 Å². The molecule has 0 radical (unpaired) electrons. The lowest BCUT2D eigenvalue weighted by Crippen LogP contribution is -2.16. The molecule has 0 saturated heterocycles. The van der Waals surface area contributed by atoms with Crippen LogP contribution in [0.25, 0.3) is 0 Å². The topological polar surface area (TPSA) is 85.4 Å². The summed E-state index contributed by atoms with van der Waals surface area (Å²) >= 11 is 0. The predicted octanol–water partition coefficient (Wildman–Crippen LogP) is 3.31. The second-order valence-electron chi connectivity index (χ2n) is 6.56. The van der Waals surface area contributed by atoms with Gasteiger partial charge in [-0.2, -0.15) is 0 Å². The number of anilines is 2. The monoisotopic (exact) mass is 376 g/mol. The zero-order chi connectivity index (χ0) is 19.3. The highest BCUT2D eigenvalue weighted by atomic mass is 16.7. The Morgan fingerprint density at radius 2 is 1.79 bits per heavy atom. The van der Waals surface area contributed by atoms with E-state index in [1.54, 1.807) is 12.1 Å². The molecule has 1 aliphatic heterocycles. The maximum Gasteiger partial charge on any atom is 0.231 e. The summed E-state index contributed by atoms with van der Waals surface area (Å²) in [5.74, 6) is 2.42. The van der Waals surface area contributed by atoms with Crippen LogP contribution < -0.4 is 20.1 Å². The van der Waals surface area contributed by atoms with Gasteiger partial charge in [0.2, 0.25) is 12.7 Å². The van der Waals surface area contributed by atoms with Crippen LogP contribution in [0.1, 0.15) is 16.7 Å². The molecule has 2 aromatic carbocycles. The van der Waals surface area contributed by atoms with Crippen LogP contribution in [0.15, 0.2) is 54.6 Å².